The molecule has 2 N–H and O–H groups in total. The summed E-state index contributed by atoms with van der Waals surface area (Å²) in [6, 6.07) is 8.36. The number of ether oxygens (including phenoxy) is 1. The second-order valence-electron chi connectivity index (χ2n) is 5.61. The van der Waals surface area contributed by atoms with Crippen LogP contribution in [0, 0.1) is 5.41 Å². The van der Waals surface area contributed by atoms with E-state index in [1.54, 1.807) is 7.11 Å². The van der Waals surface area contributed by atoms with Crippen molar-refractivity contribution in [2.75, 3.05) is 13.7 Å². The Hall–Kier alpha value is -1.02. The Bertz CT molecular complexity index is 367. The highest BCUT2D eigenvalue weighted by Crippen LogP contribution is 2.38. The van der Waals surface area contributed by atoms with E-state index >= 15 is 0 Å². The van der Waals surface area contributed by atoms with Crippen LogP contribution in [-0.2, 0) is 6.42 Å². The zero-order valence-electron chi connectivity index (χ0n) is 11.5. The zero-order chi connectivity index (χ0) is 12.8. The van der Waals surface area contributed by atoms with E-state index < -0.39 is 0 Å². The minimum absolute atomic E-state index is 0.297. The molecule has 18 heavy (non-hydrogen) atoms. The molecule has 100 valence electrons. The van der Waals surface area contributed by atoms with Gasteiger partial charge in [0.25, 0.3) is 0 Å². The molecule has 0 bridgehead atoms. The highest BCUT2D eigenvalue weighted by molar-refractivity contribution is 5.34. The van der Waals surface area contributed by atoms with Gasteiger partial charge in [-0.2, -0.15) is 0 Å². The zero-order valence-corrected chi connectivity index (χ0v) is 11.5. The molecule has 0 heterocycles. The largest absolute Gasteiger partial charge is 0.496 e. The highest BCUT2D eigenvalue weighted by Gasteiger charge is 2.30. The third-order valence-corrected chi connectivity index (χ3v) is 4.36. The Morgan fingerprint density at radius 3 is 2.39 bits per heavy atom. The first-order valence-corrected chi connectivity index (χ1v) is 7.12. The molecule has 2 nitrogen and oxygen atoms in total. The topological polar surface area (TPSA) is 35.2 Å². The van der Waals surface area contributed by atoms with Crippen LogP contribution < -0.4 is 10.5 Å². The molecule has 1 aromatic rings. The van der Waals surface area contributed by atoms with Gasteiger partial charge in [-0.25, -0.2) is 0 Å². The van der Waals surface area contributed by atoms with Crippen molar-refractivity contribution in [3.05, 3.63) is 29.8 Å². The maximum Gasteiger partial charge on any atom is 0.122 e. The van der Waals surface area contributed by atoms with E-state index in [4.69, 9.17) is 10.5 Å². The lowest BCUT2D eigenvalue weighted by Gasteiger charge is -2.32. The maximum absolute atomic E-state index is 6.11. The minimum Gasteiger partial charge on any atom is -0.496 e. The number of nitrogens with two attached hydrogens (primary N) is 1. The van der Waals surface area contributed by atoms with Crippen molar-refractivity contribution in [3.8, 4) is 5.75 Å². The fraction of sp³-hybridized carbons (Fsp3) is 0.625. The predicted octanol–water partition coefficient (Wildman–Crippen LogP) is 3.54. The van der Waals surface area contributed by atoms with Crippen LogP contribution in [0.5, 0.6) is 5.75 Å². The number of benzene rings is 1. The van der Waals surface area contributed by atoms with Crippen LogP contribution in [0.1, 0.15) is 44.1 Å². The normalized spacial score (nSPS) is 19.2. The van der Waals surface area contributed by atoms with Gasteiger partial charge < -0.3 is 10.5 Å². The van der Waals surface area contributed by atoms with E-state index in [0.29, 0.717) is 5.41 Å². The second kappa shape index (κ2) is 6.24. The Morgan fingerprint density at radius 1 is 1.11 bits per heavy atom. The summed E-state index contributed by atoms with van der Waals surface area (Å²) in [6.45, 7) is 0.797. The highest BCUT2D eigenvalue weighted by atomic mass is 16.5. The second-order valence-corrected chi connectivity index (χ2v) is 5.61. The van der Waals surface area contributed by atoms with Gasteiger partial charge in [-0.05, 0) is 42.9 Å². The molecule has 0 saturated heterocycles. The van der Waals surface area contributed by atoms with Crippen molar-refractivity contribution >= 4 is 0 Å². The van der Waals surface area contributed by atoms with Gasteiger partial charge >= 0.3 is 0 Å². The molecule has 1 aromatic carbocycles. The number of hydrogen-bond acceptors (Lipinski definition) is 2. The van der Waals surface area contributed by atoms with Crippen molar-refractivity contribution in [2.24, 2.45) is 11.1 Å². The number of hydrogen-bond donors (Lipinski definition) is 1. The molecule has 1 fully saturated rings. The summed E-state index contributed by atoms with van der Waals surface area (Å²) >= 11 is 0. The molecule has 0 unspecified atom stereocenters. The van der Waals surface area contributed by atoms with Gasteiger partial charge in [-0.15, -0.1) is 0 Å². The first kappa shape index (κ1) is 13.4. The van der Waals surface area contributed by atoms with Gasteiger partial charge in [-0.3, -0.25) is 0 Å². The first-order valence-electron chi connectivity index (χ1n) is 7.12. The summed E-state index contributed by atoms with van der Waals surface area (Å²) < 4.78 is 5.47. The van der Waals surface area contributed by atoms with Gasteiger partial charge in [0.15, 0.2) is 0 Å². The van der Waals surface area contributed by atoms with Gasteiger partial charge in [0.05, 0.1) is 7.11 Å². The summed E-state index contributed by atoms with van der Waals surface area (Å²) in [7, 11) is 1.75. The molecule has 0 radical (unpaired) electrons. The summed E-state index contributed by atoms with van der Waals surface area (Å²) in [5.41, 5.74) is 7.72. The Balaban J connectivity index is 2.18. The lowest BCUT2D eigenvalue weighted by atomic mass is 9.75. The molecule has 0 aromatic heterocycles. The predicted molar refractivity (Wildman–Crippen MR) is 75.9 cm³/mol. The van der Waals surface area contributed by atoms with Gasteiger partial charge in [0.2, 0.25) is 0 Å². The van der Waals surface area contributed by atoms with Crippen LogP contribution >= 0.6 is 0 Å². The summed E-state index contributed by atoms with van der Waals surface area (Å²) in [5.74, 6) is 1.01. The summed E-state index contributed by atoms with van der Waals surface area (Å²) in [4.78, 5) is 0. The van der Waals surface area contributed by atoms with Gasteiger partial charge in [-0.1, -0.05) is 43.9 Å². The minimum atomic E-state index is 0.297. The van der Waals surface area contributed by atoms with E-state index in [1.807, 2.05) is 6.07 Å². The summed E-state index contributed by atoms with van der Waals surface area (Å²) in [6.07, 6.45) is 8.98. The van der Waals surface area contributed by atoms with Gasteiger partial charge in [0, 0.05) is 0 Å². The van der Waals surface area contributed by atoms with E-state index in [-0.39, 0.29) is 0 Å². The molecule has 2 heteroatoms. The quantitative estimate of drug-likeness (QED) is 0.826. The molecule has 2 rings (SSSR count). The number of para-hydroxylation sites is 1. The van der Waals surface area contributed by atoms with Crippen LogP contribution in [-0.4, -0.2) is 13.7 Å². The third-order valence-electron chi connectivity index (χ3n) is 4.36. The molecule has 0 aliphatic heterocycles. The monoisotopic (exact) mass is 247 g/mol. The van der Waals surface area contributed by atoms with E-state index in [9.17, 15) is 0 Å². The molecule has 1 aliphatic rings. The van der Waals surface area contributed by atoms with Crippen molar-refractivity contribution in [2.45, 2.75) is 44.9 Å². The molecule has 0 amide bonds. The fourth-order valence-electron chi connectivity index (χ4n) is 3.18. The van der Waals surface area contributed by atoms with Crippen LogP contribution in [0.3, 0.4) is 0 Å². The number of methoxy groups -OCH3 is 1. The Morgan fingerprint density at radius 2 is 1.78 bits per heavy atom. The molecule has 1 aliphatic carbocycles. The van der Waals surface area contributed by atoms with Crippen LogP contribution in [0.2, 0.25) is 0 Å². The molecule has 0 spiro atoms. The molecule has 1 saturated carbocycles. The van der Waals surface area contributed by atoms with Gasteiger partial charge in [0.1, 0.15) is 5.75 Å². The fourth-order valence-corrected chi connectivity index (χ4v) is 3.18. The van der Waals surface area contributed by atoms with Crippen LogP contribution in [0.15, 0.2) is 24.3 Å². The average Bonchev–Trinajstić information content (AvgIpc) is 2.66. The Labute approximate surface area is 111 Å². The maximum atomic E-state index is 6.11. The molecular weight excluding hydrogens is 222 g/mol. The van der Waals surface area contributed by atoms with Crippen molar-refractivity contribution in [3.63, 3.8) is 0 Å². The summed E-state index contributed by atoms with van der Waals surface area (Å²) in [5, 5.41) is 0. The average molecular weight is 247 g/mol. The lowest BCUT2D eigenvalue weighted by molar-refractivity contribution is 0.249. The lowest BCUT2D eigenvalue weighted by Crippen LogP contribution is -2.32. The van der Waals surface area contributed by atoms with Crippen molar-refractivity contribution < 1.29 is 4.74 Å². The van der Waals surface area contributed by atoms with Crippen molar-refractivity contribution in [1.29, 1.82) is 0 Å². The van der Waals surface area contributed by atoms with Crippen molar-refractivity contribution in [1.82, 2.24) is 0 Å². The van der Waals surface area contributed by atoms with E-state index in [1.165, 1.54) is 44.1 Å². The molecule has 0 atom stereocenters. The Kier molecular flexibility index (Phi) is 4.65. The van der Waals surface area contributed by atoms with E-state index in [2.05, 4.69) is 18.2 Å². The van der Waals surface area contributed by atoms with Crippen LogP contribution in [0.25, 0.3) is 0 Å². The SMILES string of the molecule is COc1ccccc1CC1(CN)CCCCCC1. The van der Waals surface area contributed by atoms with Crippen LogP contribution in [0.4, 0.5) is 0 Å². The third kappa shape index (κ3) is 3.05. The molecular formula is C16H25NO. The standard InChI is InChI=1S/C16H25NO/c1-18-15-9-5-4-8-14(15)12-16(13-17)10-6-2-3-7-11-16/h4-5,8-9H,2-3,6-7,10-13,17H2,1H3. The number of rotatable bonds is 4. The first-order chi connectivity index (χ1) is 8.79. The smallest absolute Gasteiger partial charge is 0.122 e. The van der Waals surface area contributed by atoms with E-state index in [0.717, 1.165) is 18.7 Å².